The number of hydrogen-bond donors (Lipinski definition) is 1. The molecule has 2 aromatic carbocycles. The molecule has 1 aliphatic heterocycles. The molecule has 0 spiro atoms. The molecule has 1 aliphatic rings. The van der Waals surface area contributed by atoms with Gasteiger partial charge in [0, 0.05) is 32.4 Å². The van der Waals surface area contributed by atoms with Crippen LogP contribution in [0.1, 0.15) is 24.0 Å². The normalized spacial score (nSPS) is 21.6. The summed E-state index contributed by atoms with van der Waals surface area (Å²) >= 11 is 0. The van der Waals surface area contributed by atoms with E-state index < -0.39 is 5.60 Å². The lowest BCUT2D eigenvalue weighted by molar-refractivity contribution is -0.0263. The van der Waals surface area contributed by atoms with Crippen LogP contribution in [0.3, 0.4) is 0 Å². The molecule has 0 bridgehead atoms. The van der Waals surface area contributed by atoms with Crippen molar-refractivity contribution in [2.45, 2.75) is 31.9 Å². The molecule has 0 saturated carbocycles. The summed E-state index contributed by atoms with van der Waals surface area (Å²) in [6.07, 6.45) is 1.92. The molecule has 0 aromatic heterocycles. The number of rotatable bonds is 5. The van der Waals surface area contributed by atoms with Gasteiger partial charge in [0.05, 0.1) is 5.60 Å². The maximum atomic E-state index is 11.1. The van der Waals surface area contributed by atoms with Gasteiger partial charge in [0.25, 0.3) is 0 Å². The van der Waals surface area contributed by atoms with Crippen LogP contribution >= 0.6 is 0 Å². The molecule has 3 nitrogen and oxygen atoms in total. The second-order valence-corrected chi connectivity index (χ2v) is 7.22. The van der Waals surface area contributed by atoms with Gasteiger partial charge in [-0.1, -0.05) is 48.0 Å². The van der Waals surface area contributed by atoms with E-state index in [0.29, 0.717) is 6.54 Å². The molecule has 1 heterocycles. The second-order valence-electron chi connectivity index (χ2n) is 7.22. The van der Waals surface area contributed by atoms with E-state index >= 15 is 0 Å². The lowest BCUT2D eigenvalue weighted by atomic mass is 9.91. The Morgan fingerprint density at radius 1 is 1.08 bits per heavy atom. The molecule has 1 N–H and O–H groups in total. The van der Waals surface area contributed by atoms with Crippen molar-refractivity contribution in [1.82, 2.24) is 4.90 Å². The molecule has 3 rings (SSSR count). The third kappa shape index (κ3) is 4.37. The lowest BCUT2D eigenvalue weighted by Crippen LogP contribution is -2.53. The summed E-state index contributed by atoms with van der Waals surface area (Å²) in [6.45, 7) is 5.47. The van der Waals surface area contributed by atoms with Gasteiger partial charge in [-0.2, -0.15) is 0 Å². The van der Waals surface area contributed by atoms with E-state index in [-0.39, 0.29) is 0 Å². The monoisotopic (exact) mass is 324 g/mol. The van der Waals surface area contributed by atoms with E-state index in [1.54, 1.807) is 0 Å². The first-order valence-electron chi connectivity index (χ1n) is 8.81. The molecule has 128 valence electrons. The van der Waals surface area contributed by atoms with E-state index in [2.05, 4.69) is 72.3 Å². The summed E-state index contributed by atoms with van der Waals surface area (Å²) in [5.41, 5.74) is 3.09. The van der Waals surface area contributed by atoms with Crippen molar-refractivity contribution in [2.75, 3.05) is 31.6 Å². The van der Waals surface area contributed by atoms with Crippen LogP contribution in [0.4, 0.5) is 5.69 Å². The molecule has 0 amide bonds. The zero-order valence-electron chi connectivity index (χ0n) is 14.8. The zero-order chi connectivity index (χ0) is 17.0. The maximum Gasteiger partial charge on any atom is 0.0948 e. The van der Waals surface area contributed by atoms with Crippen LogP contribution in [0.25, 0.3) is 0 Å². The highest BCUT2D eigenvalue weighted by molar-refractivity contribution is 5.47. The highest BCUT2D eigenvalue weighted by atomic mass is 16.3. The van der Waals surface area contributed by atoms with E-state index in [1.165, 1.54) is 11.1 Å². The van der Waals surface area contributed by atoms with Crippen LogP contribution in [0.5, 0.6) is 0 Å². The van der Waals surface area contributed by atoms with Crippen LogP contribution in [-0.2, 0) is 6.54 Å². The lowest BCUT2D eigenvalue weighted by Gasteiger charge is -2.41. The van der Waals surface area contributed by atoms with Gasteiger partial charge in [0.2, 0.25) is 0 Å². The number of anilines is 1. The Balaban J connectivity index is 1.62. The second kappa shape index (κ2) is 7.37. The predicted octanol–water partition coefficient (Wildman–Crippen LogP) is 3.46. The first-order valence-corrected chi connectivity index (χ1v) is 8.81. The number of aryl methyl sites for hydroxylation is 1. The van der Waals surface area contributed by atoms with Crippen molar-refractivity contribution in [3.05, 3.63) is 65.7 Å². The van der Waals surface area contributed by atoms with Gasteiger partial charge < -0.3 is 10.0 Å². The van der Waals surface area contributed by atoms with E-state index in [0.717, 1.165) is 38.2 Å². The van der Waals surface area contributed by atoms with Crippen LogP contribution in [0.2, 0.25) is 0 Å². The first kappa shape index (κ1) is 17.0. The third-order valence-electron chi connectivity index (χ3n) is 4.89. The van der Waals surface area contributed by atoms with Gasteiger partial charge in [-0.05, 0) is 44.0 Å². The SMILES string of the molecule is Cc1ccc(N(C)CC2(O)CCCN(Cc3ccccc3)C2)cc1. The van der Waals surface area contributed by atoms with Crippen molar-refractivity contribution in [2.24, 2.45) is 0 Å². The quantitative estimate of drug-likeness (QED) is 0.912. The standard InChI is InChI=1S/C21H28N2O/c1-18-9-11-20(12-10-18)22(2)16-21(24)13-6-14-23(17-21)15-19-7-4-3-5-8-19/h3-5,7-12,24H,6,13-17H2,1-2H3. The molecule has 1 unspecified atom stereocenters. The van der Waals surface area contributed by atoms with Crippen molar-refractivity contribution in [1.29, 1.82) is 0 Å². The highest BCUT2D eigenvalue weighted by Crippen LogP contribution is 2.25. The average molecular weight is 324 g/mol. The van der Waals surface area contributed by atoms with Crippen LogP contribution in [-0.4, -0.2) is 42.3 Å². The van der Waals surface area contributed by atoms with Crippen molar-refractivity contribution >= 4 is 5.69 Å². The number of benzene rings is 2. The molecule has 0 aliphatic carbocycles. The molecule has 1 fully saturated rings. The summed E-state index contributed by atoms with van der Waals surface area (Å²) < 4.78 is 0. The molecule has 24 heavy (non-hydrogen) atoms. The minimum atomic E-state index is -0.646. The number of piperidine rings is 1. The summed E-state index contributed by atoms with van der Waals surface area (Å²) in [5, 5.41) is 11.1. The number of hydrogen-bond acceptors (Lipinski definition) is 3. The van der Waals surface area contributed by atoms with Gasteiger partial charge in [-0.15, -0.1) is 0 Å². The third-order valence-corrected chi connectivity index (χ3v) is 4.89. The summed E-state index contributed by atoms with van der Waals surface area (Å²) in [5.74, 6) is 0. The van der Waals surface area contributed by atoms with Crippen molar-refractivity contribution in [3.8, 4) is 0 Å². The predicted molar refractivity (Wildman–Crippen MR) is 100 cm³/mol. The van der Waals surface area contributed by atoms with E-state index in [9.17, 15) is 5.11 Å². The fraction of sp³-hybridized carbons (Fsp3) is 0.429. The van der Waals surface area contributed by atoms with Gasteiger partial charge >= 0.3 is 0 Å². The number of likely N-dealkylation sites (tertiary alicyclic amines) is 1. The van der Waals surface area contributed by atoms with Crippen LogP contribution in [0, 0.1) is 6.92 Å². The summed E-state index contributed by atoms with van der Waals surface area (Å²) in [7, 11) is 2.07. The largest absolute Gasteiger partial charge is 0.387 e. The minimum Gasteiger partial charge on any atom is -0.387 e. The fourth-order valence-electron chi connectivity index (χ4n) is 3.64. The minimum absolute atomic E-state index is 0.646. The van der Waals surface area contributed by atoms with Gasteiger partial charge in [0.15, 0.2) is 0 Å². The Morgan fingerprint density at radius 3 is 2.50 bits per heavy atom. The Hall–Kier alpha value is -1.84. The number of aliphatic hydroxyl groups is 1. The van der Waals surface area contributed by atoms with Gasteiger partial charge in [0.1, 0.15) is 0 Å². The molecular formula is C21H28N2O. The molecular weight excluding hydrogens is 296 g/mol. The topological polar surface area (TPSA) is 26.7 Å². The van der Waals surface area contributed by atoms with Gasteiger partial charge in [-0.25, -0.2) is 0 Å². The van der Waals surface area contributed by atoms with Crippen molar-refractivity contribution in [3.63, 3.8) is 0 Å². The molecule has 2 aromatic rings. The Bertz CT molecular complexity index is 641. The van der Waals surface area contributed by atoms with Crippen LogP contribution in [0.15, 0.2) is 54.6 Å². The number of likely N-dealkylation sites (N-methyl/N-ethyl adjacent to an activating group) is 1. The molecule has 1 atom stereocenters. The fourth-order valence-corrected chi connectivity index (χ4v) is 3.64. The first-order chi connectivity index (χ1) is 11.5. The average Bonchev–Trinajstić information content (AvgIpc) is 2.56. The zero-order valence-corrected chi connectivity index (χ0v) is 14.8. The number of nitrogens with zero attached hydrogens (tertiary/aromatic N) is 2. The maximum absolute atomic E-state index is 11.1. The van der Waals surface area contributed by atoms with E-state index in [1.807, 2.05) is 6.07 Å². The van der Waals surface area contributed by atoms with E-state index in [4.69, 9.17) is 0 Å². The van der Waals surface area contributed by atoms with Crippen LogP contribution < -0.4 is 4.90 Å². The summed E-state index contributed by atoms with van der Waals surface area (Å²) in [4.78, 5) is 4.55. The Kier molecular flexibility index (Phi) is 5.22. The Labute approximate surface area is 145 Å². The number of β-amino-alcohol motifs (C(OH)–C–C–N with tert-alkyl or cyclic N) is 1. The molecule has 0 radical (unpaired) electrons. The van der Waals surface area contributed by atoms with Gasteiger partial charge in [-0.3, -0.25) is 4.90 Å². The summed E-state index contributed by atoms with van der Waals surface area (Å²) in [6, 6.07) is 19.0. The smallest absolute Gasteiger partial charge is 0.0948 e. The van der Waals surface area contributed by atoms with Crippen molar-refractivity contribution < 1.29 is 5.11 Å². The Morgan fingerprint density at radius 2 is 1.79 bits per heavy atom. The highest BCUT2D eigenvalue weighted by Gasteiger charge is 2.34. The molecule has 3 heteroatoms. The molecule has 1 saturated heterocycles.